The molecule has 0 radical (unpaired) electrons. The molecule has 0 N–H and O–H groups in total. The summed E-state index contributed by atoms with van der Waals surface area (Å²) in [5.41, 5.74) is 30.6. The van der Waals surface area contributed by atoms with Gasteiger partial charge in [-0.3, -0.25) is 0 Å². The van der Waals surface area contributed by atoms with Gasteiger partial charge in [0.1, 0.15) is 11.2 Å². The van der Waals surface area contributed by atoms with Crippen molar-refractivity contribution in [3.8, 4) is 84.4 Å². The highest BCUT2D eigenvalue weighted by molar-refractivity contribution is 6.17. The van der Waals surface area contributed by atoms with Crippen LogP contribution in [0.15, 0.2) is 411 Å². The van der Waals surface area contributed by atoms with E-state index in [0.29, 0.717) is 17.5 Å². The Labute approximate surface area is 788 Å². The lowest BCUT2D eigenvalue weighted by molar-refractivity contribution is 0.299. The zero-order chi connectivity index (χ0) is 91.8. The molecule has 26 rings (SSSR count). The Morgan fingerprint density at radius 3 is 1.15 bits per heavy atom. The van der Waals surface area contributed by atoms with Crippen LogP contribution in [0.4, 0.5) is 17.1 Å². The summed E-state index contributed by atoms with van der Waals surface area (Å²) in [5.74, 6) is 2.01. The largest absolute Gasteiger partial charge is 0.456 e. The Kier molecular flexibility index (Phi) is 18.9. The van der Waals surface area contributed by atoms with Gasteiger partial charge >= 0.3 is 0 Å². The summed E-state index contributed by atoms with van der Waals surface area (Å²) in [7, 11) is 0. The SMILES string of the molecule is CC1(C)c2ccccc2-c2cc3c(ccc4cc(-c5ccc(-n6c7ccccc7c7ccccc76)cc5)ccc43)cc2C1(C)C.CC1(C)c2ccccc2-c2ccc3ccc4cc(-c5nc(-c6ccccc6)nc(-c6ccccc6)n5)ccc4c3c2C1(C)C.CC1(C)c2ccccc2-c2ccc3ccc4cc(N(c5ccccc5)c5ccc6c(c5)oc5ccccc56)ccc4c3c2C1(C)C. The Morgan fingerprint density at radius 1 is 0.215 bits per heavy atom. The fourth-order valence-electron chi connectivity index (χ4n) is 22.9. The number of anilines is 3. The zero-order valence-corrected chi connectivity index (χ0v) is 78.3. The van der Waals surface area contributed by atoms with E-state index < -0.39 is 0 Å². The summed E-state index contributed by atoms with van der Waals surface area (Å²) in [4.78, 5) is 17.2. The summed E-state index contributed by atoms with van der Waals surface area (Å²) in [6.45, 7) is 28.9. The van der Waals surface area contributed by atoms with Crippen molar-refractivity contribution < 1.29 is 4.42 Å². The van der Waals surface area contributed by atoms with Gasteiger partial charge in [0.05, 0.1) is 11.0 Å². The predicted molar refractivity (Wildman–Crippen MR) is 570 cm³/mol. The molecule has 3 aliphatic carbocycles. The Bertz CT molecular complexity index is 8680. The zero-order valence-electron chi connectivity index (χ0n) is 78.3. The molecule has 0 spiro atoms. The molecule has 135 heavy (non-hydrogen) atoms. The second-order valence-electron chi connectivity index (χ2n) is 40.6. The number of hydrogen-bond acceptors (Lipinski definition) is 5. The average molecular weight is 1740 g/mol. The van der Waals surface area contributed by atoms with Crippen molar-refractivity contribution in [2.45, 2.75) is 116 Å². The van der Waals surface area contributed by atoms with Crippen molar-refractivity contribution in [1.82, 2.24) is 19.5 Å². The van der Waals surface area contributed by atoms with Crippen molar-refractivity contribution in [3.05, 3.63) is 440 Å². The maximum absolute atomic E-state index is 6.32. The number of aromatic nitrogens is 4. The molecule has 0 bridgehead atoms. The minimum Gasteiger partial charge on any atom is -0.456 e. The van der Waals surface area contributed by atoms with E-state index in [2.05, 4.69) is 426 Å². The van der Waals surface area contributed by atoms with Crippen LogP contribution in [0.1, 0.15) is 116 Å². The summed E-state index contributed by atoms with van der Waals surface area (Å²) in [6, 6.07) is 148. The molecule has 0 amide bonds. The van der Waals surface area contributed by atoms with Crippen LogP contribution < -0.4 is 4.90 Å². The summed E-state index contributed by atoms with van der Waals surface area (Å²) >= 11 is 0. The first-order valence-electron chi connectivity index (χ1n) is 47.5. The van der Waals surface area contributed by atoms with Gasteiger partial charge in [0.25, 0.3) is 0 Å². The van der Waals surface area contributed by atoms with Crippen LogP contribution >= 0.6 is 0 Å². The fraction of sp³-hybridized carbons (Fsp3) is 0.140. The van der Waals surface area contributed by atoms with E-state index >= 15 is 0 Å². The average Bonchev–Trinajstić information content (AvgIpc) is 0.964. The molecule has 6 heteroatoms. The third kappa shape index (κ3) is 12.9. The molecule has 0 saturated carbocycles. The van der Waals surface area contributed by atoms with Gasteiger partial charge < -0.3 is 13.9 Å². The van der Waals surface area contributed by atoms with Crippen LogP contribution in [0.25, 0.3) is 193 Å². The molecule has 650 valence electrons. The maximum atomic E-state index is 6.32. The molecule has 0 atom stereocenters. The fourth-order valence-corrected chi connectivity index (χ4v) is 22.9. The molecular formula is C129H103N5O. The van der Waals surface area contributed by atoms with Gasteiger partial charge in [-0.2, -0.15) is 0 Å². The highest BCUT2D eigenvalue weighted by Gasteiger charge is 2.50. The second kappa shape index (κ2) is 31.0. The van der Waals surface area contributed by atoms with Gasteiger partial charge in [-0.25, -0.2) is 15.0 Å². The minimum atomic E-state index is -0.0907. The third-order valence-electron chi connectivity index (χ3n) is 32.1. The van der Waals surface area contributed by atoms with Crippen LogP contribution in [0.2, 0.25) is 0 Å². The van der Waals surface area contributed by atoms with Crippen molar-refractivity contribution in [2.24, 2.45) is 0 Å². The molecule has 0 unspecified atom stereocenters. The maximum Gasteiger partial charge on any atom is 0.164 e. The van der Waals surface area contributed by atoms with Gasteiger partial charge in [-0.15, -0.1) is 0 Å². The van der Waals surface area contributed by atoms with Gasteiger partial charge in [0.2, 0.25) is 0 Å². The van der Waals surface area contributed by atoms with Crippen molar-refractivity contribution >= 4 is 125 Å². The highest BCUT2D eigenvalue weighted by Crippen LogP contribution is 2.60. The van der Waals surface area contributed by atoms with Crippen molar-refractivity contribution in [2.75, 3.05) is 4.90 Å². The number of hydrogen-bond donors (Lipinski definition) is 0. The molecule has 0 saturated heterocycles. The van der Waals surface area contributed by atoms with E-state index in [1.54, 1.807) is 0 Å². The molecule has 0 fully saturated rings. The van der Waals surface area contributed by atoms with E-state index in [4.69, 9.17) is 19.4 Å². The molecule has 6 nitrogen and oxygen atoms in total. The number of fused-ring (bicyclic) bond motifs is 26. The first-order valence-corrected chi connectivity index (χ1v) is 47.5. The molecule has 0 aliphatic heterocycles. The van der Waals surface area contributed by atoms with Crippen molar-refractivity contribution in [3.63, 3.8) is 0 Å². The number of para-hydroxylation sites is 4. The summed E-state index contributed by atoms with van der Waals surface area (Å²) in [6.07, 6.45) is 0. The number of nitrogens with zero attached hydrogens (tertiary/aromatic N) is 5. The highest BCUT2D eigenvalue weighted by atomic mass is 16.3. The van der Waals surface area contributed by atoms with Crippen LogP contribution in [-0.2, 0) is 32.5 Å². The first kappa shape index (κ1) is 82.5. The monoisotopic (exact) mass is 1740 g/mol. The molecule has 3 aliphatic rings. The molecule has 20 aromatic carbocycles. The molecule has 23 aromatic rings. The van der Waals surface area contributed by atoms with Gasteiger partial charge in [0.15, 0.2) is 17.5 Å². The van der Waals surface area contributed by atoms with Crippen molar-refractivity contribution in [1.29, 1.82) is 0 Å². The van der Waals surface area contributed by atoms with Gasteiger partial charge in [0, 0.05) is 77.9 Å². The predicted octanol–water partition coefficient (Wildman–Crippen LogP) is 35.0. The second-order valence-corrected chi connectivity index (χ2v) is 40.6. The topological polar surface area (TPSA) is 60.0 Å². The van der Waals surface area contributed by atoms with E-state index in [9.17, 15) is 0 Å². The minimum absolute atomic E-state index is 0.00901. The van der Waals surface area contributed by atoms with Crippen LogP contribution in [0.5, 0.6) is 0 Å². The first-order chi connectivity index (χ1) is 65.5. The van der Waals surface area contributed by atoms with E-state index in [-0.39, 0.29) is 32.5 Å². The van der Waals surface area contributed by atoms with Gasteiger partial charge in [-0.1, -0.05) is 392 Å². The van der Waals surface area contributed by atoms with Crippen LogP contribution in [-0.4, -0.2) is 19.5 Å². The van der Waals surface area contributed by atoms with E-state index in [1.165, 1.54) is 170 Å². The van der Waals surface area contributed by atoms with Gasteiger partial charge in [-0.05, 0) is 255 Å². The third-order valence-corrected chi connectivity index (χ3v) is 32.1. The molecule has 3 heterocycles. The number of rotatable bonds is 8. The summed E-state index contributed by atoms with van der Waals surface area (Å²) in [5, 5.41) is 20.3. The summed E-state index contributed by atoms with van der Waals surface area (Å²) < 4.78 is 8.70. The number of furan rings is 1. The lowest BCUT2D eigenvalue weighted by Crippen LogP contribution is -2.43. The Hall–Kier alpha value is -15.6. The Morgan fingerprint density at radius 2 is 0.593 bits per heavy atom. The molecular weight excluding hydrogens is 1640 g/mol. The lowest BCUT2D eigenvalue weighted by Gasteiger charge is -2.49. The molecule has 3 aromatic heterocycles. The van der Waals surface area contributed by atoms with E-state index in [0.717, 1.165) is 55.7 Å². The van der Waals surface area contributed by atoms with E-state index in [1.807, 2.05) is 72.8 Å². The normalized spacial score (nSPS) is 14.9. The van der Waals surface area contributed by atoms with Crippen LogP contribution in [0.3, 0.4) is 0 Å². The smallest absolute Gasteiger partial charge is 0.164 e. The standard InChI is InChI=1S/C44H35NO.C44H35N.C41H33N3/c1-43(2)38-16-10-8-14-34(38)37-23-20-28-18-19-29-26-31(21-24-33(29)41(28)42(37)44(43,3)4)45(30-12-6-5-7-13-30)32-22-25-36-35-15-9-11-17-39(35)46-40(36)27-32;1-43(2)39-14-8-5-11-34(39)38-27-37-31(26-40(38)44(43,3)4)18-17-30-25-29(21-24-33(30)37)28-19-22-32(23-20-28)45-41-15-9-6-12-35(41)36-13-7-10-16-42(36)45;1-40(2)34-18-12-11-17-32(34)33-24-21-26-19-20-29-25-30(22-23-31(29)35(26)36(33)41(40,3)4)39-43-37(27-13-7-5-8-14-27)42-38(44-39)28-15-9-6-10-16-28/h5-27H,1-4H3;5-27H,1-4H3;5-25H,1-4H3. The van der Waals surface area contributed by atoms with Crippen LogP contribution in [0, 0.1) is 0 Å². The quantitative estimate of drug-likeness (QED) is 0.142. The number of benzene rings is 20. The Balaban J connectivity index is 0.000000111. The lowest BCUT2D eigenvalue weighted by atomic mass is 9.54.